The molecule has 0 fully saturated rings. The Hall–Kier alpha value is -3.40. The minimum absolute atomic E-state index is 0.198. The Morgan fingerprint density at radius 2 is 1.81 bits per heavy atom. The van der Waals surface area contributed by atoms with Crippen molar-refractivity contribution in [3.8, 4) is 5.75 Å². The number of fused-ring (bicyclic) bond motifs is 1. The van der Waals surface area contributed by atoms with Crippen LogP contribution in [0, 0.1) is 0 Å². The molecule has 4 nitrogen and oxygen atoms in total. The molecule has 0 amide bonds. The summed E-state index contributed by atoms with van der Waals surface area (Å²) in [7, 11) is 0. The number of aromatic hydroxyl groups is 1. The van der Waals surface area contributed by atoms with E-state index in [-0.39, 0.29) is 11.8 Å². The number of hydrogen-bond donors (Lipinski definition) is 2. The first kappa shape index (κ1) is 17.0. The minimum atomic E-state index is -0.238. The fraction of sp³-hybridized carbons (Fsp3) is 0.130. The van der Waals surface area contributed by atoms with Crippen LogP contribution in [-0.2, 0) is 6.42 Å². The smallest absolute Gasteiger partial charge is 0.147 e. The second-order valence-corrected chi connectivity index (χ2v) is 6.45. The molecular weight excluding hydrogens is 334 g/mol. The highest BCUT2D eigenvalue weighted by Gasteiger charge is 2.20. The van der Waals surface area contributed by atoms with Gasteiger partial charge in [0.15, 0.2) is 0 Å². The molecule has 4 rings (SSSR count). The van der Waals surface area contributed by atoms with Gasteiger partial charge in [-0.25, -0.2) is 0 Å². The van der Waals surface area contributed by atoms with Crippen LogP contribution >= 0.6 is 0 Å². The predicted molar refractivity (Wildman–Crippen MR) is 109 cm³/mol. The van der Waals surface area contributed by atoms with Gasteiger partial charge in [-0.15, -0.1) is 0 Å². The first-order chi connectivity index (χ1) is 13.3. The molecule has 2 aromatic heterocycles. The Labute approximate surface area is 158 Å². The molecule has 1 atom stereocenters. The molecule has 0 aliphatic rings. The van der Waals surface area contributed by atoms with Gasteiger partial charge in [-0.2, -0.15) is 0 Å². The van der Waals surface area contributed by atoms with Gasteiger partial charge in [0, 0.05) is 35.2 Å². The fourth-order valence-corrected chi connectivity index (χ4v) is 3.39. The van der Waals surface area contributed by atoms with Gasteiger partial charge >= 0.3 is 0 Å². The summed E-state index contributed by atoms with van der Waals surface area (Å²) in [4.78, 5) is 8.63. The van der Waals surface area contributed by atoms with E-state index in [0.717, 1.165) is 28.6 Å². The first-order valence-corrected chi connectivity index (χ1v) is 9.09. The Kier molecular flexibility index (Phi) is 4.71. The summed E-state index contributed by atoms with van der Waals surface area (Å²) in [6, 6.07) is 19.7. The molecule has 1 unspecified atom stereocenters. The standard InChI is InChI=1S/C23H21N3O/c1-2-16-7-3-4-10-20(16)26-21(18-9-5-13-24-15-18)19-12-11-17-8-6-14-25-22(17)23(19)27/h3-15,21,26-27H,2H2,1H3. The number of rotatable bonds is 5. The number of aromatic nitrogens is 2. The lowest BCUT2D eigenvalue weighted by Gasteiger charge is -2.23. The van der Waals surface area contributed by atoms with Crippen molar-refractivity contribution in [2.75, 3.05) is 5.32 Å². The molecule has 4 heteroatoms. The molecule has 0 saturated carbocycles. The van der Waals surface area contributed by atoms with Crippen LogP contribution in [0.15, 0.2) is 79.3 Å². The number of para-hydroxylation sites is 1. The highest BCUT2D eigenvalue weighted by Crippen LogP contribution is 2.36. The Bertz CT molecular complexity index is 1060. The highest BCUT2D eigenvalue weighted by atomic mass is 16.3. The summed E-state index contributed by atoms with van der Waals surface area (Å²) in [6.07, 6.45) is 6.20. The van der Waals surface area contributed by atoms with Gasteiger partial charge in [0.25, 0.3) is 0 Å². The van der Waals surface area contributed by atoms with Crippen LogP contribution in [0.2, 0.25) is 0 Å². The van der Waals surface area contributed by atoms with Crippen LogP contribution in [0.4, 0.5) is 5.69 Å². The molecule has 0 radical (unpaired) electrons. The van der Waals surface area contributed by atoms with E-state index in [1.54, 1.807) is 12.4 Å². The second kappa shape index (κ2) is 7.46. The van der Waals surface area contributed by atoms with Crippen molar-refractivity contribution < 1.29 is 5.11 Å². The van der Waals surface area contributed by atoms with E-state index in [0.29, 0.717) is 5.52 Å². The molecule has 2 heterocycles. The van der Waals surface area contributed by atoms with Crippen molar-refractivity contribution in [2.24, 2.45) is 0 Å². The molecule has 0 bridgehead atoms. The summed E-state index contributed by atoms with van der Waals surface area (Å²) in [5.41, 5.74) is 4.64. The lowest BCUT2D eigenvalue weighted by molar-refractivity contribution is 0.471. The van der Waals surface area contributed by atoms with E-state index in [9.17, 15) is 5.11 Å². The third kappa shape index (κ3) is 3.34. The Morgan fingerprint density at radius 1 is 0.963 bits per heavy atom. The number of anilines is 1. The van der Waals surface area contributed by atoms with Crippen LogP contribution in [0.5, 0.6) is 5.75 Å². The summed E-state index contributed by atoms with van der Waals surface area (Å²) in [6.45, 7) is 2.14. The van der Waals surface area contributed by atoms with E-state index in [2.05, 4.69) is 34.3 Å². The van der Waals surface area contributed by atoms with Crippen molar-refractivity contribution >= 4 is 16.6 Å². The zero-order valence-electron chi connectivity index (χ0n) is 15.1. The van der Waals surface area contributed by atoms with Crippen LogP contribution in [0.1, 0.15) is 29.7 Å². The molecule has 2 N–H and O–H groups in total. The lowest BCUT2D eigenvalue weighted by Crippen LogP contribution is -2.14. The predicted octanol–water partition coefficient (Wildman–Crippen LogP) is 5.10. The maximum Gasteiger partial charge on any atom is 0.147 e. The third-order valence-electron chi connectivity index (χ3n) is 4.81. The lowest BCUT2D eigenvalue weighted by atomic mass is 9.96. The molecular formula is C23H21N3O. The highest BCUT2D eigenvalue weighted by molar-refractivity contribution is 5.86. The van der Waals surface area contributed by atoms with Crippen LogP contribution < -0.4 is 5.32 Å². The fourth-order valence-electron chi connectivity index (χ4n) is 3.39. The van der Waals surface area contributed by atoms with E-state index < -0.39 is 0 Å². The maximum atomic E-state index is 11.0. The maximum absolute atomic E-state index is 11.0. The number of aryl methyl sites for hydroxylation is 1. The number of benzene rings is 2. The normalized spacial score (nSPS) is 12.0. The summed E-state index contributed by atoms with van der Waals surface area (Å²) in [5, 5.41) is 15.5. The number of phenolic OH excluding ortho intramolecular Hbond substituents is 1. The number of nitrogens with one attached hydrogen (secondary N) is 1. The SMILES string of the molecule is CCc1ccccc1NC(c1cccnc1)c1ccc2cccnc2c1O. The summed E-state index contributed by atoms with van der Waals surface area (Å²) < 4.78 is 0. The molecule has 0 aliphatic heterocycles. The number of phenols is 1. The van der Waals surface area contributed by atoms with E-state index >= 15 is 0 Å². The topological polar surface area (TPSA) is 58.0 Å². The van der Waals surface area contributed by atoms with Gasteiger partial charge in [-0.05, 0) is 35.7 Å². The summed E-state index contributed by atoms with van der Waals surface area (Å²) in [5.74, 6) is 0.198. The van der Waals surface area contributed by atoms with E-state index in [1.165, 1.54) is 5.56 Å². The van der Waals surface area contributed by atoms with Gasteiger partial charge in [0.2, 0.25) is 0 Å². The molecule has 0 saturated heterocycles. The van der Waals surface area contributed by atoms with Crippen LogP contribution in [0.25, 0.3) is 10.9 Å². The quantitative estimate of drug-likeness (QED) is 0.523. The zero-order valence-corrected chi connectivity index (χ0v) is 15.1. The monoisotopic (exact) mass is 355 g/mol. The van der Waals surface area contributed by atoms with Crippen LogP contribution in [-0.4, -0.2) is 15.1 Å². The molecule has 0 spiro atoms. The Balaban J connectivity index is 1.85. The minimum Gasteiger partial charge on any atom is -0.505 e. The summed E-state index contributed by atoms with van der Waals surface area (Å²) >= 11 is 0. The molecule has 0 aliphatic carbocycles. The number of hydrogen-bond acceptors (Lipinski definition) is 4. The van der Waals surface area contributed by atoms with Gasteiger partial charge in [-0.1, -0.05) is 49.4 Å². The average Bonchev–Trinajstić information content (AvgIpc) is 2.74. The van der Waals surface area contributed by atoms with Gasteiger partial charge < -0.3 is 10.4 Å². The number of nitrogens with zero attached hydrogens (tertiary/aromatic N) is 2. The zero-order chi connectivity index (χ0) is 18.6. The Morgan fingerprint density at radius 3 is 2.63 bits per heavy atom. The first-order valence-electron chi connectivity index (χ1n) is 9.09. The van der Waals surface area contributed by atoms with Crippen molar-refractivity contribution in [1.82, 2.24) is 9.97 Å². The van der Waals surface area contributed by atoms with Crippen LogP contribution in [0.3, 0.4) is 0 Å². The van der Waals surface area contributed by atoms with Gasteiger partial charge in [0.05, 0.1) is 6.04 Å². The van der Waals surface area contributed by atoms with Gasteiger partial charge in [0.1, 0.15) is 11.3 Å². The van der Waals surface area contributed by atoms with Crippen molar-refractivity contribution in [3.05, 3.63) is 95.9 Å². The van der Waals surface area contributed by atoms with E-state index in [1.807, 2.05) is 54.7 Å². The largest absolute Gasteiger partial charge is 0.505 e. The third-order valence-corrected chi connectivity index (χ3v) is 4.81. The van der Waals surface area contributed by atoms with E-state index in [4.69, 9.17) is 0 Å². The van der Waals surface area contributed by atoms with Gasteiger partial charge in [-0.3, -0.25) is 9.97 Å². The van der Waals surface area contributed by atoms with Crippen molar-refractivity contribution in [3.63, 3.8) is 0 Å². The number of pyridine rings is 2. The molecule has 27 heavy (non-hydrogen) atoms. The molecule has 2 aromatic carbocycles. The molecule has 4 aromatic rings. The van der Waals surface area contributed by atoms with Crippen molar-refractivity contribution in [1.29, 1.82) is 0 Å². The molecule has 134 valence electrons. The average molecular weight is 355 g/mol. The second-order valence-electron chi connectivity index (χ2n) is 6.45. The van der Waals surface area contributed by atoms with Crippen molar-refractivity contribution in [2.45, 2.75) is 19.4 Å².